The van der Waals surface area contributed by atoms with Crippen LogP contribution in [0.15, 0.2) is 267 Å². The molecule has 0 unspecified atom stereocenters. The predicted octanol–water partition coefficient (Wildman–Crippen LogP) is 17.1. The second-order valence-corrected chi connectivity index (χ2v) is 16.4. The normalized spacial score (nSPS) is 11.0. The molecular weight excluding hydrogens is 797 g/mol. The zero-order chi connectivity index (χ0) is 44.1. The minimum Gasteiger partial charge on any atom is -0.228 e. The quantitative estimate of drug-likeness (QED) is 0.137. The molecule has 1 heterocycles. The molecule has 310 valence electrons. The Morgan fingerprint density at radius 2 is 0.439 bits per heavy atom. The van der Waals surface area contributed by atoms with Crippen LogP contribution in [-0.4, -0.2) is 9.97 Å². The van der Waals surface area contributed by atoms with Gasteiger partial charge in [-0.1, -0.05) is 261 Å². The summed E-state index contributed by atoms with van der Waals surface area (Å²) in [5, 5.41) is 0. The standard InChI is InChI=1S/C64H44N2/c1-8-24-45(25-9-1)54-38-22-23-39-55(54)57-44-56(46-26-10-2-11-27-46)65-64(66-57)53-42-40-52(41-43-53)63-61(50-34-18-6-19-35-50)59(48-30-14-4-15-31-48)58(47-28-12-3-13-29-47)60(49-32-16-5-17-33-49)62(63)51-36-20-7-21-37-51/h1-44H. The van der Waals surface area contributed by atoms with Crippen LogP contribution < -0.4 is 0 Å². The van der Waals surface area contributed by atoms with Crippen LogP contribution in [0.25, 0.3) is 112 Å². The Balaban J connectivity index is 1.20. The Morgan fingerprint density at radius 1 is 0.182 bits per heavy atom. The zero-order valence-electron chi connectivity index (χ0n) is 36.3. The van der Waals surface area contributed by atoms with Gasteiger partial charge >= 0.3 is 0 Å². The van der Waals surface area contributed by atoms with Crippen molar-refractivity contribution in [3.8, 4) is 112 Å². The third kappa shape index (κ3) is 7.82. The molecule has 11 aromatic rings. The molecule has 0 saturated heterocycles. The first-order valence-corrected chi connectivity index (χ1v) is 22.5. The Morgan fingerprint density at radius 3 is 0.803 bits per heavy atom. The summed E-state index contributed by atoms with van der Waals surface area (Å²) in [6.07, 6.45) is 0. The smallest absolute Gasteiger partial charge is 0.160 e. The van der Waals surface area contributed by atoms with E-state index in [0.29, 0.717) is 5.82 Å². The molecule has 0 N–H and O–H groups in total. The van der Waals surface area contributed by atoms with E-state index in [4.69, 9.17) is 9.97 Å². The molecule has 2 heteroatoms. The summed E-state index contributed by atoms with van der Waals surface area (Å²) >= 11 is 0. The third-order valence-corrected chi connectivity index (χ3v) is 12.3. The first-order valence-electron chi connectivity index (χ1n) is 22.5. The lowest BCUT2D eigenvalue weighted by atomic mass is 9.74. The van der Waals surface area contributed by atoms with E-state index < -0.39 is 0 Å². The van der Waals surface area contributed by atoms with Crippen LogP contribution in [0, 0.1) is 0 Å². The van der Waals surface area contributed by atoms with Crippen LogP contribution in [0.3, 0.4) is 0 Å². The van der Waals surface area contributed by atoms with E-state index in [2.05, 4.69) is 261 Å². The summed E-state index contributed by atoms with van der Waals surface area (Å²) < 4.78 is 0. The number of nitrogens with zero attached hydrogens (tertiary/aromatic N) is 2. The van der Waals surface area contributed by atoms with Crippen molar-refractivity contribution in [3.63, 3.8) is 0 Å². The highest BCUT2D eigenvalue weighted by atomic mass is 14.9. The SMILES string of the molecule is c1ccc(-c2cc(-c3ccccc3-c3ccccc3)nc(-c3ccc(-c4c(-c5ccccc5)c(-c5ccccc5)c(-c5ccccc5)c(-c5ccccc5)c4-c4ccccc4)cc3)n2)cc1. The first-order chi connectivity index (χ1) is 32.8. The fourth-order valence-electron chi connectivity index (χ4n) is 9.34. The van der Waals surface area contributed by atoms with Crippen LogP contribution in [0.5, 0.6) is 0 Å². The van der Waals surface area contributed by atoms with E-state index in [1.807, 2.05) is 6.07 Å². The topological polar surface area (TPSA) is 25.8 Å². The van der Waals surface area contributed by atoms with Gasteiger partial charge in [0.15, 0.2) is 5.82 Å². The van der Waals surface area contributed by atoms with Crippen molar-refractivity contribution in [1.82, 2.24) is 9.97 Å². The van der Waals surface area contributed by atoms with Crippen molar-refractivity contribution >= 4 is 0 Å². The minimum absolute atomic E-state index is 0.668. The molecule has 66 heavy (non-hydrogen) atoms. The van der Waals surface area contributed by atoms with Crippen molar-refractivity contribution in [3.05, 3.63) is 267 Å². The summed E-state index contributed by atoms with van der Waals surface area (Å²) in [4.78, 5) is 10.6. The molecule has 0 fully saturated rings. The van der Waals surface area contributed by atoms with Crippen LogP contribution in [0.1, 0.15) is 0 Å². The van der Waals surface area contributed by atoms with Crippen LogP contribution in [0.4, 0.5) is 0 Å². The average Bonchev–Trinajstić information content (AvgIpc) is 3.41. The van der Waals surface area contributed by atoms with Gasteiger partial charge in [0.2, 0.25) is 0 Å². The molecule has 0 bridgehead atoms. The maximum absolute atomic E-state index is 5.36. The molecule has 0 aliphatic carbocycles. The number of aromatic nitrogens is 2. The molecule has 0 radical (unpaired) electrons. The highest BCUT2D eigenvalue weighted by Gasteiger charge is 2.29. The Bertz CT molecular complexity index is 3290. The predicted molar refractivity (Wildman–Crippen MR) is 276 cm³/mol. The first kappa shape index (κ1) is 40.1. The molecule has 2 nitrogen and oxygen atoms in total. The Kier molecular flexibility index (Phi) is 11.0. The van der Waals surface area contributed by atoms with Gasteiger partial charge in [0.1, 0.15) is 0 Å². The Hall–Kier alpha value is -8.72. The van der Waals surface area contributed by atoms with Gasteiger partial charge in [-0.3, -0.25) is 0 Å². The highest BCUT2D eigenvalue weighted by molar-refractivity contribution is 6.15. The second-order valence-electron chi connectivity index (χ2n) is 16.4. The molecule has 1 aromatic heterocycles. The number of hydrogen-bond donors (Lipinski definition) is 0. The van der Waals surface area contributed by atoms with Crippen molar-refractivity contribution in [2.75, 3.05) is 0 Å². The monoisotopic (exact) mass is 840 g/mol. The van der Waals surface area contributed by atoms with Gasteiger partial charge in [-0.05, 0) is 84.0 Å². The highest BCUT2D eigenvalue weighted by Crippen LogP contribution is 2.56. The van der Waals surface area contributed by atoms with Gasteiger partial charge in [0.25, 0.3) is 0 Å². The molecule has 0 aliphatic rings. The molecule has 10 aromatic carbocycles. The molecule has 11 rings (SSSR count). The number of benzene rings is 10. The second kappa shape index (κ2) is 18.2. The third-order valence-electron chi connectivity index (χ3n) is 12.3. The van der Waals surface area contributed by atoms with Gasteiger partial charge in [0, 0.05) is 16.7 Å². The van der Waals surface area contributed by atoms with Gasteiger partial charge in [-0.25, -0.2) is 9.97 Å². The zero-order valence-corrected chi connectivity index (χ0v) is 36.3. The van der Waals surface area contributed by atoms with Crippen LogP contribution in [0.2, 0.25) is 0 Å². The van der Waals surface area contributed by atoms with Crippen molar-refractivity contribution < 1.29 is 0 Å². The van der Waals surface area contributed by atoms with E-state index >= 15 is 0 Å². The van der Waals surface area contributed by atoms with E-state index in [1.54, 1.807) is 0 Å². The van der Waals surface area contributed by atoms with Gasteiger partial charge < -0.3 is 0 Å². The molecule has 0 spiro atoms. The fourth-order valence-corrected chi connectivity index (χ4v) is 9.34. The minimum atomic E-state index is 0.668. The average molecular weight is 841 g/mol. The number of hydrogen-bond acceptors (Lipinski definition) is 2. The van der Waals surface area contributed by atoms with E-state index in [-0.39, 0.29) is 0 Å². The summed E-state index contributed by atoms with van der Waals surface area (Å²) in [6, 6.07) is 95.1. The lowest BCUT2D eigenvalue weighted by molar-refractivity contribution is 1.18. The lowest BCUT2D eigenvalue weighted by Crippen LogP contribution is -2.02. The summed E-state index contributed by atoms with van der Waals surface area (Å²) in [6.45, 7) is 0. The maximum Gasteiger partial charge on any atom is 0.160 e. The molecule has 0 aliphatic heterocycles. The number of rotatable bonds is 10. The molecule has 0 saturated carbocycles. The molecule has 0 amide bonds. The van der Waals surface area contributed by atoms with Crippen LogP contribution >= 0.6 is 0 Å². The van der Waals surface area contributed by atoms with Crippen molar-refractivity contribution in [1.29, 1.82) is 0 Å². The summed E-state index contributed by atoms with van der Waals surface area (Å²) in [7, 11) is 0. The largest absolute Gasteiger partial charge is 0.228 e. The summed E-state index contributed by atoms with van der Waals surface area (Å²) in [5.74, 6) is 0.668. The van der Waals surface area contributed by atoms with Crippen LogP contribution in [-0.2, 0) is 0 Å². The van der Waals surface area contributed by atoms with E-state index in [9.17, 15) is 0 Å². The van der Waals surface area contributed by atoms with Gasteiger partial charge in [-0.15, -0.1) is 0 Å². The van der Waals surface area contributed by atoms with E-state index in [0.717, 1.165) is 78.1 Å². The van der Waals surface area contributed by atoms with E-state index in [1.165, 1.54) is 27.8 Å². The van der Waals surface area contributed by atoms with Gasteiger partial charge in [-0.2, -0.15) is 0 Å². The van der Waals surface area contributed by atoms with Gasteiger partial charge in [0.05, 0.1) is 11.4 Å². The lowest BCUT2D eigenvalue weighted by Gasteiger charge is -2.28. The van der Waals surface area contributed by atoms with Crippen molar-refractivity contribution in [2.45, 2.75) is 0 Å². The maximum atomic E-state index is 5.36. The summed E-state index contributed by atoms with van der Waals surface area (Å²) in [5.41, 5.74) is 21.0. The van der Waals surface area contributed by atoms with Crippen molar-refractivity contribution in [2.24, 2.45) is 0 Å². The Labute approximate surface area is 386 Å². The fraction of sp³-hybridized carbons (Fsp3) is 0. The molecular formula is C64H44N2. The molecule has 0 atom stereocenters.